The highest BCUT2D eigenvalue weighted by atomic mass is 32.2. The summed E-state index contributed by atoms with van der Waals surface area (Å²) >= 11 is 0. The van der Waals surface area contributed by atoms with Gasteiger partial charge in [0.1, 0.15) is 21.2 Å². The first-order chi connectivity index (χ1) is 30.0. The third kappa shape index (κ3) is 12.2. The first-order valence-corrected chi connectivity index (χ1v) is 23.3. The fourth-order valence-corrected chi connectivity index (χ4v) is 7.66. The minimum Gasteiger partial charge on any atom is -0.594 e. The molecule has 328 valence electrons. The molecule has 0 radical (unpaired) electrons. The molecule has 0 saturated heterocycles. The van der Waals surface area contributed by atoms with Crippen molar-refractivity contribution in [1.82, 2.24) is 0 Å². The number of hydrogen-bond donors (Lipinski definition) is 4. The predicted octanol–water partition coefficient (Wildman–Crippen LogP) is 9.53. The lowest BCUT2D eigenvalue weighted by Gasteiger charge is -2.06. The Balaban J connectivity index is 1.15. The topological polar surface area (TPSA) is 344 Å². The molecule has 0 fully saturated rings. The molecule has 0 unspecified atom stereocenters. The zero-order valence-corrected chi connectivity index (χ0v) is 35.2. The predicted molar refractivity (Wildman–Crippen MR) is 226 cm³/mol. The van der Waals surface area contributed by atoms with Crippen molar-refractivity contribution in [3.05, 3.63) is 155 Å². The standard InChI is InChI=1S/C38H28N8O14S4/c47-45(43-29-11-19-35(20-12-29)61(49,50)51)33-15-7-27(8-16-33)39-41-31-5-3-25(37(23-31)63(55,56)57)1-2-26-4-6-32(24-38(26)64(58,59)60)42-40-28-9-17-34(18-10-28)46(48)44-30-13-21-36(22-14-30)62(52,53)54/h1-24H,(H,49,50,51)(H,52,53,54)(H,55,56,57)(H,58,59,60)/b2-1+,41-39?,42-40?,45-43?,46-44?. The Labute approximate surface area is 363 Å². The second kappa shape index (κ2) is 18.6. The number of hydrogen-bond acceptors (Lipinski definition) is 16. The molecule has 6 aromatic rings. The summed E-state index contributed by atoms with van der Waals surface area (Å²) in [5.41, 5.74) is 0.465. The Morgan fingerprint density at radius 3 is 0.953 bits per heavy atom. The molecule has 0 bridgehead atoms. The van der Waals surface area contributed by atoms with Crippen LogP contribution in [-0.2, 0) is 40.5 Å². The van der Waals surface area contributed by atoms with Crippen molar-refractivity contribution >= 4 is 98.1 Å². The van der Waals surface area contributed by atoms with E-state index in [1.54, 1.807) is 0 Å². The van der Waals surface area contributed by atoms with Crippen molar-refractivity contribution in [2.24, 2.45) is 30.7 Å². The molecule has 0 spiro atoms. The summed E-state index contributed by atoms with van der Waals surface area (Å²) in [6.45, 7) is 0. The van der Waals surface area contributed by atoms with E-state index in [1.807, 2.05) is 0 Å². The maximum atomic E-state index is 12.5. The molecule has 4 N–H and O–H groups in total. The van der Waals surface area contributed by atoms with Crippen LogP contribution in [0.2, 0.25) is 0 Å². The maximum Gasteiger partial charge on any atom is 0.295 e. The number of nitrogens with zero attached hydrogens (tertiary/aromatic N) is 8. The highest BCUT2D eigenvalue weighted by Crippen LogP contribution is 2.31. The molecule has 0 aliphatic rings. The van der Waals surface area contributed by atoms with E-state index in [2.05, 4.69) is 30.7 Å². The van der Waals surface area contributed by atoms with Gasteiger partial charge in [-0.25, -0.2) is 0 Å². The van der Waals surface area contributed by atoms with Gasteiger partial charge in [-0.05, 0) is 108 Å². The quantitative estimate of drug-likeness (QED) is 0.0260. The zero-order chi connectivity index (χ0) is 46.5. The summed E-state index contributed by atoms with van der Waals surface area (Å²) in [5.74, 6) is 0. The molecule has 0 amide bonds. The van der Waals surface area contributed by atoms with Crippen LogP contribution in [0, 0.1) is 10.4 Å². The molecule has 0 saturated carbocycles. The van der Waals surface area contributed by atoms with E-state index in [1.165, 1.54) is 97.1 Å². The van der Waals surface area contributed by atoms with Gasteiger partial charge in [-0.2, -0.15) is 54.1 Å². The van der Waals surface area contributed by atoms with Crippen molar-refractivity contribution in [3.63, 3.8) is 0 Å². The lowest BCUT2D eigenvalue weighted by atomic mass is 10.1. The van der Waals surface area contributed by atoms with Crippen molar-refractivity contribution in [2.45, 2.75) is 19.6 Å². The van der Waals surface area contributed by atoms with E-state index >= 15 is 0 Å². The second-order valence-corrected chi connectivity index (χ2v) is 18.5. The molecule has 6 rings (SSSR count). The van der Waals surface area contributed by atoms with Crippen LogP contribution in [-0.4, -0.2) is 61.6 Å². The van der Waals surface area contributed by atoms with E-state index in [0.29, 0.717) is 0 Å². The highest BCUT2D eigenvalue weighted by molar-refractivity contribution is 7.86. The smallest absolute Gasteiger partial charge is 0.295 e. The molecule has 6 aromatic carbocycles. The Hall–Kier alpha value is -7.30. The van der Waals surface area contributed by atoms with Gasteiger partial charge in [-0.3, -0.25) is 18.2 Å². The average molecular weight is 949 g/mol. The monoisotopic (exact) mass is 948 g/mol. The Kier molecular flexibility index (Phi) is 13.4. The summed E-state index contributed by atoms with van der Waals surface area (Å²) in [7, 11) is -18.6. The minimum atomic E-state index is -4.89. The fourth-order valence-electron chi connectivity index (χ4n) is 5.29. The van der Waals surface area contributed by atoms with Gasteiger partial charge in [0.05, 0.1) is 32.5 Å². The van der Waals surface area contributed by atoms with E-state index in [4.69, 9.17) is 9.11 Å². The van der Waals surface area contributed by atoms with Gasteiger partial charge in [0.2, 0.25) is 11.4 Å². The van der Waals surface area contributed by atoms with Crippen LogP contribution in [0.25, 0.3) is 12.2 Å². The van der Waals surface area contributed by atoms with Crippen LogP contribution in [0.15, 0.2) is 184 Å². The molecular formula is C38H28N8O14S4. The van der Waals surface area contributed by atoms with Crippen molar-refractivity contribution in [3.8, 4) is 0 Å². The maximum absolute atomic E-state index is 12.5. The van der Waals surface area contributed by atoms with Crippen LogP contribution < -0.4 is 0 Å². The molecular weight excluding hydrogens is 921 g/mol. The molecule has 22 nitrogen and oxygen atoms in total. The number of rotatable bonds is 14. The molecule has 64 heavy (non-hydrogen) atoms. The third-order valence-corrected chi connectivity index (χ3v) is 11.9. The Bertz CT molecular complexity index is 3140. The molecule has 0 aliphatic carbocycles. The molecule has 0 aliphatic heterocycles. The van der Waals surface area contributed by atoms with Gasteiger partial charge >= 0.3 is 0 Å². The molecule has 0 heterocycles. The first-order valence-electron chi connectivity index (χ1n) is 17.5. The van der Waals surface area contributed by atoms with Crippen molar-refractivity contribution in [1.29, 1.82) is 0 Å². The van der Waals surface area contributed by atoms with Crippen LogP contribution in [0.5, 0.6) is 0 Å². The number of benzene rings is 6. The normalized spacial score (nSPS) is 13.3. The lowest BCUT2D eigenvalue weighted by Crippen LogP contribution is -2.01. The summed E-state index contributed by atoms with van der Waals surface area (Å²) < 4.78 is 133. The molecule has 26 heteroatoms. The zero-order valence-electron chi connectivity index (χ0n) is 31.9. The van der Waals surface area contributed by atoms with Gasteiger partial charge in [-0.15, -0.1) is 0 Å². The van der Waals surface area contributed by atoms with Gasteiger partial charge in [0.15, 0.2) is 0 Å². The van der Waals surface area contributed by atoms with Gasteiger partial charge in [0.25, 0.3) is 40.5 Å². The van der Waals surface area contributed by atoms with Crippen molar-refractivity contribution in [2.75, 3.05) is 0 Å². The fraction of sp³-hybridized carbons (Fsp3) is 0. The molecule has 0 atom stereocenters. The SMILES string of the molecule is O=S(=O)(O)c1ccc(N=[N+]([O-])c2ccc(N=Nc3ccc(/C=C/c4ccc(N=Nc5ccc([N+]([O-])=Nc6ccc(S(=O)(=O)O)cc6)cc5)cc4S(=O)(=O)O)c(S(=O)(=O)O)c3)cc2)cc1. The number of azo groups is 4. The Morgan fingerprint density at radius 1 is 0.375 bits per heavy atom. The average Bonchev–Trinajstić information content (AvgIpc) is 3.24. The van der Waals surface area contributed by atoms with Gasteiger partial charge in [0, 0.05) is 34.5 Å². The minimum absolute atomic E-state index is 0.0303. The van der Waals surface area contributed by atoms with Crippen LogP contribution in [0.4, 0.5) is 45.5 Å². The van der Waals surface area contributed by atoms with E-state index in [-0.39, 0.29) is 76.1 Å². The third-order valence-electron chi connectivity index (χ3n) is 8.38. The summed E-state index contributed by atoms with van der Waals surface area (Å²) in [4.78, 5) is -1.50. The van der Waals surface area contributed by atoms with E-state index < -0.39 is 50.3 Å². The molecule has 0 aromatic heterocycles. The van der Waals surface area contributed by atoms with Crippen molar-refractivity contribution < 1.29 is 61.6 Å². The first kappa shape index (κ1) is 46.2. The largest absolute Gasteiger partial charge is 0.594 e. The summed E-state index contributed by atoms with van der Waals surface area (Å²) in [5, 5.41) is 48.6. The Morgan fingerprint density at radius 2 is 0.656 bits per heavy atom. The van der Waals surface area contributed by atoms with Crippen LogP contribution in [0.1, 0.15) is 11.1 Å². The van der Waals surface area contributed by atoms with E-state index in [9.17, 15) is 53.2 Å². The van der Waals surface area contributed by atoms with Crippen LogP contribution in [0.3, 0.4) is 0 Å². The van der Waals surface area contributed by atoms with E-state index in [0.717, 1.165) is 48.6 Å². The second-order valence-electron chi connectivity index (χ2n) is 12.8. The van der Waals surface area contributed by atoms with Gasteiger partial charge < -0.3 is 10.4 Å². The highest BCUT2D eigenvalue weighted by Gasteiger charge is 2.18. The van der Waals surface area contributed by atoms with Gasteiger partial charge in [-0.1, -0.05) is 34.0 Å². The summed E-state index contributed by atoms with van der Waals surface area (Å²) in [6.07, 6.45) is 2.33. The lowest BCUT2D eigenvalue weighted by molar-refractivity contribution is -0.435. The summed E-state index contributed by atoms with van der Waals surface area (Å²) in [6, 6.07) is 27.3. The van der Waals surface area contributed by atoms with Crippen LogP contribution >= 0.6 is 0 Å².